The molecule has 0 fully saturated rings. The number of carbonyl (C=O) groups is 1. The molecule has 0 aromatic carbocycles. The van der Waals surface area contributed by atoms with Gasteiger partial charge in [-0.15, -0.1) is 11.3 Å². The molecule has 0 atom stereocenters. The van der Waals surface area contributed by atoms with E-state index in [4.69, 9.17) is 0 Å². The van der Waals surface area contributed by atoms with Crippen LogP contribution in [0, 0.1) is 6.92 Å². The number of carbonyl (C=O) groups excluding carboxylic acids is 1. The van der Waals surface area contributed by atoms with Gasteiger partial charge < -0.3 is 10.2 Å². The van der Waals surface area contributed by atoms with Gasteiger partial charge in [-0.1, -0.05) is 6.07 Å². The number of rotatable bonds is 4. The highest BCUT2D eigenvalue weighted by Gasteiger charge is 2.14. The molecule has 0 unspecified atom stereocenters. The first-order valence-corrected chi connectivity index (χ1v) is 6.79. The van der Waals surface area contributed by atoms with Crippen LogP contribution < -0.4 is 5.32 Å². The highest BCUT2D eigenvalue weighted by Crippen LogP contribution is 2.12. The summed E-state index contributed by atoms with van der Waals surface area (Å²) in [5.74, 6) is 0.575. The van der Waals surface area contributed by atoms with E-state index in [1.54, 1.807) is 36.4 Å². The first-order chi connectivity index (χ1) is 9.10. The molecule has 0 aliphatic carbocycles. The van der Waals surface area contributed by atoms with Crippen LogP contribution in [0.3, 0.4) is 0 Å². The molecule has 2 aromatic rings. The number of nitrogens with zero attached hydrogens (tertiary/aromatic N) is 3. The van der Waals surface area contributed by atoms with Crippen molar-refractivity contribution >= 4 is 23.1 Å². The van der Waals surface area contributed by atoms with Crippen molar-refractivity contribution in [3.8, 4) is 0 Å². The minimum absolute atomic E-state index is 0.109. The van der Waals surface area contributed by atoms with Crippen molar-refractivity contribution in [3.05, 3.63) is 40.0 Å². The van der Waals surface area contributed by atoms with Crippen LogP contribution in [0.4, 0.5) is 5.82 Å². The van der Waals surface area contributed by atoms with Crippen molar-refractivity contribution in [3.63, 3.8) is 0 Å². The summed E-state index contributed by atoms with van der Waals surface area (Å²) < 4.78 is 0. The summed E-state index contributed by atoms with van der Waals surface area (Å²) in [6.07, 6.45) is 0. The van der Waals surface area contributed by atoms with E-state index >= 15 is 0 Å². The van der Waals surface area contributed by atoms with Crippen molar-refractivity contribution in [2.75, 3.05) is 19.4 Å². The van der Waals surface area contributed by atoms with E-state index < -0.39 is 0 Å². The van der Waals surface area contributed by atoms with Crippen LogP contribution in [0.2, 0.25) is 0 Å². The average molecular weight is 276 g/mol. The minimum atomic E-state index is -0.109. The molecule has 0 spiro atoms. The fourth-order valence-electron chi connectivity index (χ4n) is 1.68. The molecule has 0 radical (unpaired) electrons. The van der Waals surface area contributed by atoms with Gasteiger partial charge >= 0.3 is 0 Å². The SMILES string of the molecule is CNc1cccc(C(=O)N(C)Cc2csc(C)n2)n1. The molecular weight excluding hydrogens is 260 g/mol. The van der Waals surface area contributed by atoms with E-state index in [-0.39, 0.29) is 5.91 Å². The lowest BCUT2D eigenvalue weighted by Crippen LogP contribution is -2.27. The topological polar surface area (TPSA) is 58.1 Å². The van der Waals surface area contributed by atoms with Crippen molar-refractivity contribution < 1.29 is 4.79 Å². The van der Waals surface area contributed by atoms with Crippen LogP contribution in [0.25, 0.3) is 0 Å². The molecule has 1 amide bonds. The number of hydrogen-bond donors (Lipinski definition) is 1. The fourth-order valence-corrected chi connectivity index (χ4v) is 2.29. The molecule has 0 bridgehead atoms. The fraction of sp³-hybridized carbons (Fsp3) is 0.308. The molecule has 5 nitrogen and oxygen atoms in total. The van der Waals surface area contributed by atoms with Gasteiger partial charge in [-0.3, -0.25) is 4.79 Å². The third-order valence-electron chi connectivity index (χ3n) is 2.64. The summed E-state index contributed by atoms with van der Waals surface area (Å²) in [4.78, 5) is 22.4. The molecule has 0 aliphatic rings. The third-order valence-corrected chi connectivity index (χ3v) is 3.46. The molecule has 1 N–H and O–H groups in total. The zero-order chi connectivity index (χ0) is 13.8. The Morgan fingerprint density at radius 2 is 2.21 bits per heavy atom. The van der Waals surface area contributed by atoms with Gasteiger partial charge in [0.2, 0.25) is 0 Å². The zero-order valence-electron chi connectivity index (χ0n) is 11.2. The Labute approximate surface area is 116 Å². The molecule has 2 rings (SSSR count). The number of nitrogens with one attached hydrogen (secondary N) is 1. The second-order valence-corrected chi connectivity index (χ2v) is 5.24. The Morgan fingerprint density at radius 3 is 2.84 bits per heavy atom. The van der Waals surface area contributed by atoms with E-state index in [0.29, 0.717) is 18.1 Å². The first-order valence-electron chi connectivity index (χ1n) is 5.91. The van der Waals surface area contributed by atoms with Gasteiger partial charge in [0.1, 0.15) is 11.5 Å². The van der Waals surface area contributed by atoms with Gasteiger partial charge in [0, 0.05) is 19.5 Å². The zero-order valence-corrected chi connectivity index (χ0v) is 12.0. The second-order valence-electron chi connectivity index (χ2n) is 4.18. The summed E-state index contributed by atoms with van der Waals surface area (Å²) in [6.45, 7) is 2.45. The van der Waals surface area contributed by atoms with E-state index in [2.05, 4.69) is 15.3 Å². The Balaban J connectivity index is 2.09. The monoisotopic (exact) mass is 276 g/mol. The number of pyridine rings is 1. The van der Waals surface area contributed by atoms with E-state index in [0.717, 1.165) is 10.7 Å². The van der Waals surface area contributed by atoms with Gasteiger partial charge in [-0.05, 0) is 19.1 Å². The summed E-state index contributed by atoms with van der Waals surface area (Å²) in [6, 6.07) is 5.35. The second kappa shape index (κ2) is 5.79. The normalized spacial score (nSPS) is 10.3. The highest BCUT2D eigenvalue weighted by molar-refractivity contribution is 7.09. The number of aromatic nitrogens is 2. The van der Waals surface area contributed by atoms with Crippen molar-refractivity contribution in [2.45, 2.75) is 13.5 Å². The number of hydrogen-bond acceptors (Lipinski definition) is 5. The summed E-state index contributed by atoms with van der Waals surface area (Å²) >= 11 is 1.59. The van der Waals surface area contributed by atoms with Gasteiger partial charge in [0.15, 0.2) is 0 Å². The van der Waals surface area contributed by atoms with Crippen LogP contribution in [-0.2, 0) is 6.54 Å². The number of anilines is 1. The maximum atomic E-state index is 12.2. The Bertz CT molecular complexity index is 582. The van der Waals surface area contributed by atoms with Crippen molar-refractivity contribution in [1.29, 1.82) is 0 Å². The minimum Gasteiger partial charge on any atom is -0.373 e. The lowest BCUT2D eigenvalue weighted by atomic mass is 10.3. The molecule has 2 heterocycles. The van der Waals surface area contributed by atoms with E-state index in [9.17, 15) is 4.79 Å². The standard InChI is InChI=1S/C13H16N4OS/c1-9-15-10(8-19-9)7-17(3)13(18)11-5-4-6-12(14-2)16-11/h4-6,8H,7H2,1-3H3,(H,14,16). The molecule has 0 saturated heterocycles. The third kappa shape index (κ3) is 3.29. The van der Waals surface area contributed by atoms with Crippen molar-refractivity contribution in [1.82, 2.24) is 14.9 Å². The predicted molar refractivity (Wildman–Crippen MR) is 76.4 cm³/mol. The average Bonchev–Trinajstić information content (AvgIpc) is 2.83. The molecular formula is C13H16N4OS. The van der Waals surface area contributed by atoms with Gasteiger partial charge in [-0.25, -0.2) is 9.97 Å². The van der Waals surface area contributed by atoms with E-state index in [1.807, 2.05) is 24.4 Å². The van der Waals surface area contributed by atoms with Crippen LogP contribution in [0.15, 0.2) is 23.6 Å². The molecule has 0 saturated carbocycles. The summed E-state index contributed by atoms with van der Waals surface area (Å²) in [5.41, 5.74) is 1.34. The number of amides is 1. The molecule has 6 heteroatoms. The lowest BCUT2D eigenvalue weighted by molar-refractivity contribution is 0.0778. The maximum absolute atomic E-state index is 12.2. The van der Waals surface area contributed by atoms with Crippen LogP contribution in [0.1, 0.15) is 21.2 Å². The largest absolute Gasteiger partial charge is 0.373 e. The predicted octanol–water partition coefficient (Wildman–Crippen LogP) is 2.16. The molecule has 100 valence electrons. The molecule has 19 heavy (non-hydrogen) atoms. The smallest absolute Gasteiger partial charge is 0.272 e. The Kier molecular flexibility index (Phi) is 4.11. The first kappa shape index (κ1) is 13.5. The summed E-state index contributed by atoms with van der Waals surface area (Å²) in [5, 5.41) is 5.90. The number of aryl methyl sites for hydroxylation is 1. The Hall–Kier alpha value is -1.95. The van der Waals surface area contributed by atoms with Crippen LogP contribution in [-0.4, -0.2) is 34.9 Å². The highest BCUT2D eigenvalue weighted by atomic mass is 32.1. The van der Waals surface area contributed by atoms with E-state index in [1.165, 1.54) is 0 Å². The summed E-state index contributed by atoms with van der Waals surface area (Å²) in [7, 11) is 3.53. The van der Waals surface area contributed by atoms with Crippen molar-refractivity contribution in [2.24, 2.45) is 0 Å². The van der Waals surface area contributed by atoms with Crippen LogP contribution >= 0.6 is 11.3 Å². The van der Waals surface area contributed by atoms with Crippen LogP contribution in [0.5, 0.6) is 0 Å². The maximum Gasteiger partial charge on any atom is 0.272 e. The van der Waals surface area contributed by atoms with Gasteiger partial charge in [0.25, 0.3) is 5.91 Å². The Morgan fingerprint density at radius 1 is 1.42 bits per heavy atom. The van der Waals surface area contributed by atoms with Gasteiger partial charge in [-0.2, -0.15) is 0 Å². The number of thiazole rings is 1. The lowest BCUT2D eigenvalue weighted by Gasteiger charge is -2.15. The quantitative estimate of drug-likeness (QED) is 0.929. The van der Waals surface area contributed by atoms with Gasteiger partial charge in [0.05, 0.1) is 17.2 Å². The molecule has 2 aromatic heterocycles. The molecule has 0 aliphatic heterocycles.